The van der Waals surface area contributed by atoms with Crippen LogP contribution in [0.25, 0.3) is 16.9 Å². The molecule has 0 unspecified atom stereocenters. The van der Waals surface area contributed by atoms with Crippen molar-refractivity contribution in [2.24, 2.45) is 0 Å². The third-order valence-corrected chi connectivity index (χ3v) is 5.21. The van der Waals surface area contributed by atoms with Crippen LogP contribution >= 0.6 is 11.6 Å². The van der Waals surface area contributed by atoms with E-state index < -0.39 is 0 Å². The van der Waals surface area contributed by atoms with Gasteiger partial charge in [0, 0.05) is 23.3 Å². The summed E-state index contributed by atoms with van der Waals surface area (Å²) in [6.07, 6.45) is 3.25. The number of rotatable bonds is 4. The molecule has 2 heterocycles. The molecule has 140 valence electrons. The van der Waals surface area contributed by atoms with E-state index in [9.17, 15) is 4.79 Å². The van der Waals surface area contributed by atoms with E-state index in [0.717, 1.165) is 16.8 Å². The van der Waals surface area contributed by atoms with Crippen LogP contribution in [0.3, 0.4) is 0 Å². The van der Waals surface area contributed by atoms with Crippen molar-refractivity contribution in [3.05, 3.63) is 88.2 Å². The van der Waals surface area contributed by atoms with Gasteiger partial charge >= 0.3 is 0 Å². The molecule has 0 saturated carbocycles. The Morgan fingerprint density at radius 1 is 1.11 bits per heavy atom. The fraction of sp³-hybridized carbons (Fsp3) is 0.136. The van der Waals surface area contributed by atoms with E-state index in [4.69, 9.17) is 11.6 Å². The molecule has 0 aliphatic rings. The molecule has 5 nitrogen and oxygen atoms in total. The highest BCUT2D eigenvalue weighted by atomic mass is 35.5. The Morgan fingerprint density at radius 2 is 1.93 bits per heavy atom. The fourth-order valence-corrected chi connectivity index (χ4v) is 3.29. The molecule has 0 saturated heterocycles. The molecule has 2 aromatic carbocycles. The van der Waals surface area contributed by atoms with Gasteiger partial charge in [-0.3, -0.25) is 4.79 Å². The van der Waals surface area contributed by atoms with E-state index in [-0.39, 0.29) is 5.91 Å². The number of nitrogens with zero attached hydrogens (tertiary/aromatic N) is 3. The second-order valence-corrected chi connectivity index (χ2v) is 7.10. The lowest BCUT2D eigenvalue weighted by atomic mass is 10.0. The largest absolute Gasteiger partial charge is 0.348 e. The maximum absolute atomic E-state index is 12.7. The molecule has 0 aliphatic heterocycles. The summed E-state index contributed by atoms with van der Waals surface area (Å²) in [7, 11) is 0. The first-order chi connectivity index (χ1) is 13.5. The van der Waals surface area contributed by atoms with Crippen molar-refractivity contribution in [1.29, 1.82) is 0 Å². The molecule has 0 aliphatic carbocycles. The smallest absolute Gasteiger partial charge is 0.257 e. The number of carbonyl (C=O) groups is 1. The fourth-order valence-electron chi connectivity index (χ4n) is 3.08. The molecule has 0 bridgehead atoms. The van der Waals surface area contributed by atoms with Crippen molar-refractivity contribution in [2.75, 3.05) is 0 Å². The normalized spacial score (nSPS) is 11.0. The Bertz CT molecular complexity index is 1180. The van der Waals surface area contributed by atoms with Crippen molar-refractivity contribution in [3.63, 3.8) is 0 Å². The van der Waals surface area contributed by atoms with E-state index in [0.29, 0.717) is 22.8 Å². The number of hydrogen-bond acceptors (Lipinski definition) is 3. The summed E-state index contributed by atoms with van der Waals surface area (Å²) in [5.74, 6) is -0.236. The maximum atomic E-state index is 12.7. The first kappa shape index (κ1) is 18.2. The molecule has 0 fully saturated rings. The highest BCUT2D eigenvalue weighted by molar-refractivity contribution is 6.31. The Labute approximate surface area is 168 Å². The minimum absolute atomic E-state index is 0.236. The number of carbonyl (C=O) groups excluding carboxylic acids is 1. The highest BCUT2D eigenvalue weighted by Gasteiger charge is 2.16. The molecular weight excluding hydrogens is 372 g/mol. The third-order valence-electron chi connectivity index (χ3n) is 4.85. The van der Waals surface area contributed by atoms with Crippen LogP contribution in [0.2, 0.25) is 5.02 Å². The topological polar surface area (TPSA) is 59.3 Å². The Kier molecular flexibility index (Phi) is 4.84. The molecule has 1 N–H and O–H groups in total. The number of nitrogens with one attached hydrogen (secondary N) is 1. The second kappa shape index (κ2) is 7.44. The molecule has 1 amide bonds. The van der Waals surface area contributed by atoms with Crippen molar-refractivity contribution in [1.82, 2.24) is 19.9 Å². The predicted octanol–water partition coefficient (Wildman–Crippen LogP) is 4.60. The SMILES string of the molecule is Cc1ccc(-c2ccnc3c(C(=O)NCc4ccccc4Cl)cnn23)cc1C. The molecule has 4 aromatic rings. The molecule has 0 atom stereocenters. The van der Waals surface area contributed by atoms with Crippen LogP contribution in [0, 0.1) is 13.8 Å². The number of aromatic nitrogens is 3. The van der Waals surface area contributed by atoms with Gasteiger partial charge in [-0.15, -0.1) is 0 Å². The van der Waals surface area contributed by atoms with Gasteiger partial charge in [0.05, 0.1) is 11.9 Å². The van der Waals surface area contributed by atoms with Gasteiger partial charge in [0.15, 0.2) is 5.65 Å². The number of amides is 1. The van der Waals surface area contributed by atoms with Crippen molar-refractivity contribution >= 4 is 23.2 Å². The Balaban J connectivity index is 1.65. The zero-order valence-electron chi connectivity index (χ0n) is 15.6. The van der Waals surface area contributed by atoms with Crippen molar-refractivity contribution in [3.8, 4) is 11.3 Å². The summed E-state index contributed by atoms with van der Waals surface area (Å²) in [5, 5.41) is 7.92. The molecule has 0 spiro atoms. The van der Waals surface area contributed by atoms with Crippen molar-refractivity contribution in [2.45, 2.75) is 20.4 Å². The zero-order valence-corrected chi connectivity index (χ0v) is 16.4. The van der Waals surface area contributed by atoms with Crippen LogP contribution in [0.4, 0.5) is 0 Å². The van der Waals surface area contributed by atoms with Gasteiger partial charge in [-0.05, 0) is 48.7 Å². The molecular formula is C22H19ClN4O. The van der Waals surface area contributed by atoms with Crippen LogP contribution in [0.5, 0.6) is 0 Å². The van der Waals surface area contributed by atoms with Crippen LogP contribution in [0.1, 0.15) is 27.0 Å². The predicted molar refractivity (Wildman–Crippen MR) is 111 cm³/mol. The summed E-state index contributed by atoms with van der Waals surface area (Å²) >= 11 is 6.16. The van der Waals surface area contributed by atoms with E-state index in [1.165, 1.54) is 11.1 Å². The maximum Gasteiger partial charge on any atom is 0.257 e. The molecule has 2 aromatic heterocycles. The van der Waals surface area contributed by atoms with E-state index in [2.05, 4.69) is 47.4 Å². The average Bonchev–Trinajstić information content (AvgIpc) is 3.13. The number of hydrogen-bond donors (Lipinski definition) is 1. The summed E-state index contributed by atoms with van der Waals surface area (Å²) in [4.78, 5) is 17.1. The Morgan fingerprint density at radius 3 is 2.71 bits per heavy atom. The summed E-state index contributed by atoms with van der Waals surface area (Å²) in [6, 6.07) is 15.6. The van der Waals surface area contributed by atoms with E-state index in [1.807, 2.05) is 24.3 Å². The lowest BCUT2D eigenvalue weighted by Gasteiger charge is -2.08. The molecule has 4 rings (SSSR count). The standard InChI is InChI=1S/C22H19ClN4O/c1-14-7-8-16(11-15(14)2)20-9-10-24-21-18(13-26-27(20)21)22(28)25-12-17-5-3-4-6-19(17)23/h3-11,13H,12H2,1-2H3,(H,25,28). The molecule has 28 heavy (non-hydrogen) atoms. The minimum Gasteiger partial charge on any atom is -0.348 e. The van der Waals surface area contributed by atoms with Crippen LogP contribution in [-0.4, -0.2) is 20.5 Å². The summed E-state index contributed by atoms with van der Waals surface area (Å²) in [5.41, 5.74) is 6.16. The van der Waals surface area contributed by atoms with Gasteiger partial charge in [-0.1, -0.05) is 41.9 Å². The monoisotopic (exact) mass is 390 g/mol. The summed E-state index contributed by atoms with van der Waals surface area (Å²) in [6.45, 7) is 4.50. The lowest BCUT2D eigenvalue weighted by molar-refractivity contribution is 0.0952. The quantitative estimate of drug-likeness (QED) is 0.554. The van der Waals surface area contributed by atoms with Gasteiger partial charge in [0.1, 0.15) is 5.56 Å². The second-order valence-electron chi connectivity index (χ2n) is 6.70. The molecule has 6 heteroatoms. The van der Waals surface area contributed by atoms with E-state index >= 15 is 0 Å². The Hall–Kier alpha value is -3.18. The number of halogens is 1. The lowest BCUT2D eigenvalue weighted by Crippen LogP contribution is -2.23. The molecule has 0 radical (unpaired) electrons. The van der Waals surface area contributed by atoms with E-state index in [1.54, 1.807) is 23.0 Å². The zero-order chi connectivity index (χ0) is 19.7. The van der Waals surface area contributed by atoms with Crippen LogP contribution < -0.4 is 5.32 Å². The van der Waals surface area contributed by atoms with Crippen LogP contribution in [-0.2, 0) is 6.54 Å². The first-order valence-electron chi connectivity index (χ1n) is 8.96. The van der Waals surface area contributed by atoms with Gasteiger partial charge in [0.25, 0.3) is 5.91 Å². The van der Waals surface area contributed by atoms with Crippen molar-refractivity contribution < 1.29 is 4.79 Å². The summed E-state index contributed by atoms with van der Waals surface area (Å²) < 4.78 is 1.70. The van der Waals surface area contributed by atoms with Gasteiger partial charge in [-0.25, -0.2) is 9.50 Å². The minimum atomic E-state index is -0.236. The number of benzene rings is 2. The number of fused-ring (bicyclic) bond motifs is 1. The van der Waals surface area contributed by atoms with Gasteiger partial charge in [-0.2, -0.15) is 5.10 Å². The van der Waals surface area contributed by atoms with Gasteiger partial charge < -0.3 is 5.32 Å². The first-order valence-corrected chi connectivity index (χ1v) is 9.34. The third kappa shape index (κ3) is 3.37. The van der Waals surface area contributed by atoms with Gasteiger partial charge in [0.2, 0.25) is 0 Å². The van der Waals surface area contributed by atoms with Crippen LogP contribution in [0.15, 0.2) is 60.9 Å². The number of aryl methyl sites for hydroxylation is 2. The average molecular weight is 391 g/mol. The highest BCUT2D eigenvalue weighted by Crippen LogP contribution is 2.23.